The molecular weight excluding hydrogens is 256 g/mol. The minimum atomic E-state index is -0.558. The van der Waals surface area contributed by atoms with Crippen molar-refractivity contribution in [2.75, 3.05) is 19.7 Å². The summed E-state index contributed by atoms with van der Waals surface area (Å²) >= 11 is 0. The zero-order chi connectivity index (χ0) is 14.2. The smallest absolute Gasteiger partial charge is 0.246 e. The maximum atomic E-state index is 12.0. The highest BCUT2D eigenvalue weighted by molar-refractivity contribution is 5.78. The van der Waals surface area contributed by atoms with Crippen LogP contribution >= 0.6 is 0 Å². The minimum Gasteiger partial charge on any atom is -0.390 e. The van der Waals surface area contributed by atoms with Crippen LogP contribution in [0.5, 0.6) is 0 Å². The fourth-order valence-corrected chi connectivity index (χ4v) is 2.78. The third-order valence-corrected chi connectivity index (χ3v) is 4.07. The van der Waals surface area contributed by atoms with Crippen LogP contribution in [0.15, 0.2) is 24.3 Å². The first-order valence-corrected chi connectivity index (χ1v) is 6.97. The summed E-state index contributed by atoms with van der Waals surface area (Å²) in [5.41, 5.74) is 1.87. The number of ether oxygens (including phenoxy) is 1. The molecular formula is C15H20N2O3. The van der Waals surface area contributed by atoms with Crippen molar-refractivity contribution in [3.63, 3.8) is 0 Å². The molecule has 0 aromatic heterocycles. The molecule has 5 nitrogen and oxygen atoms in total. The van der Waals surface area contributed by atoms with Crippen molar-refractivity contribution in [1.82, 2.24) is 10.6 Å². The molecule has 108 valence electrons. The Morgan fingerprint density at radius 3 is 2.95 bits per heavy atom. The zero-order valence-electron chi connectivity index (χ0n) is 11.6. The quantitative estimate of drug-likeness (QED) is 0.731. The first-order chi connectivity index (χ1) is 9.57. The van der Waals surface area contributed by atoms with Gasteiger partial charge in [0.05, 0.1) is 17.7 Å². The summed E-state index contributed by atoms with van der Waals surface area (Å²) < 4.78 is 5.60. The maximum Gasteiger partial charge on any atom is 0.246 e. The van der Waals surface area contributed by atoms with Crippen LogP contribution in [-0.4, -0.2) is 42.4 Å². The van der Waals surface area contributed by atoms with Gasteiger partial charge in [0.2, 0.25) is 5.91 Å². The molecule has 1 aromatic rings. The van der Waals surface area contributed by atoms with E-state index in [1.165, 1.54) is 0 Å². The number of benzene rings is 1. The molecule has 0 unspecified atom stereocenters. The van der Waals surface area contributed by atoms with E-state index in [1.54, 1.807) is 0 Å². The summed E-state index contributed by atoms with van der Waals surface area (Å²) in [7, 11) is 0. The lowest BCUT2D eigenvalue weighted by Crippen LogP contribution is -2.59. The van der Waals surface area contributed by atoms with Crippen molar-refractivity contribution in [2.45, 2.75) is 31.1 Å². The van der Waals surface area contributed by atoms with Gasteiger partial charge in [-0.3, -0.25) is 4.79 Å². The van der Waals surface area contributed by atoms with Gasteiger partial charge in [0.25, 0.3) is 0 Å². The SMILES string of the molecule is CC1(OCC(=O)N[C@H]2c3ccccc3C[C@H]2O)CNC1. The summed E-state index contributed by atoms with van der Waals surface area (Å²) in [6, 6.07) is 7.49. The Bertz CT molecular complexity index is 514. The van der Waals surface area contributed by atoms with E-state index >= 15 is 0 Å². The Morgan fingerprint density at radius 2 is 2.25 bits per heavy atom. The fraction of sp³-hybridized carbons (Fsp3) is 0.533. The van der Waals surface area contributed by atoms with Gasteiger partial charge in [0.15, 0.2) is 0 Å². The first kappa shape index (κ1) is 13.5. The Morgan fingerprint density at radius 1 is 1.50 bits per heavy atom. The van der Waals surface area contributed by atoms with Crippen molar-refractivity contribution >= 4 is 5.91 Å². The number of aliphatic hydroxyl groups is 1. The number of fused-ring (bicyclic) bond motifs is 1. The molecule has 3 N–H and O–H groups in total. The number of amides is 1. The number of hydrogen-bond acceptors (Lipinski definition) is 4. The van der Waals surface area contributed by atoms with Crippen LogP contribution in [0.4, 0.5) is 0 Å². The highest BCUT2D eigenvalue weighted by atomic mass is 16.5. The van der Waals surface area contributed by atoms with Crippen molar-refractivity contribution in [1.29, 1.82) is 0 Å². The van der Waals surface area contributed by atoms with Crippen molar-refractivity contribution < 1.29 is 14.6 Å². The molecule has 20 heavy (non-hydrogen) atoms. The topological polar surface area (TPSA) is 70.6 Å². The number of carbonyl (C=O) groups is 1. The second-order valence-electron chi connectivity index (χ2n) is 5.86. The monoisotopic (exact) mass is 276 g/mol. The number of rotatable bonds is 4. The molecule has 1 aliphatic carbocycles. The summed E-state index contributed by atoms with van der Waals surface area (Å²) in [6.07, 6.45) is 0.0289. The van der Waals surface area contributed by atoms with E-state index in [2.05, 4.69) is 10.6 Å². The molecule has 1 amide bonds. The van der Waals surface area contributed by atoms with E-state index < -0.39 is 6.10 Å². The van der Waals surface area contributed by atoms with Crippen LogP contribution < -0.4 is 10.6 Å². The van der Waals surface area contributed by atoms with Gasteiger partial charge in [-0.05, 0) is 18.1 Å². The van der Waals surface area contributed by atoms with E-state index in [0.29, 0.717) is 6.42 Å². The Balaban J connectivity index is 1.58. The molecule has 1 heterocycles. The third kappa shape index (κ3) is 2.57. The molecule has 0 spiro atoms. The van der Waals surface area contributed by atoms with Crippen molar-refractivity contribution in [2.24, 2.45) is 0 Å². The van der Waals surface area contributed by atoms with Crippen LogP contribution in [-0.2, 0) is 16.0 Å². The fourth-order valence-electron chi connectivity index (χ4n) is 2.78. The normalized spacial score (nSPS) is 26.7. The van der Waals surface area contributed by atoms with Gasteiger partial charge in [0, 0.05) is 19.5 Å². The number of hydrogen-bond donors (Lipinski definition) is 3. The van der Waals surface area contributed by atoms with E-state index in [-0.39, 0.29) is 24.2 Å². The van der Waals surface area contributed by atoms with Gasteiger partial charge in [-0.15, -0.1) is 0 Å². The molecule has 2 atom stereocenters. The lowest BCUT2D eigenvalue weighted by Gasteiger charge is -2.38. The molecule has 0 bridgehead atoms. The minimum absolute atomic E-state index is 0.0313. The molecule has 0 radical (unpaired) electrons. The lowest BCUT2D eigenvalue weighted by atomic mass is 10.0. The maximum absolute atomic E-state index is 12.0. The predicted octanol–water partition coefficient (Wildman–Crippen LogP) is 0.139. The summed E-state index contributed by atoms with van der Waals surface area (Å²) in [4.78, 5) is 12.0. The van der Waals surface area contributed by atoms with Gasteiger partial charge < -0.3 is 20.5 Å². The van der Waals surface area contributed by atoms with Gasteiger partial charge >= 0.3 is 0 Å². The number of aliphatic hydroxyl groups excluding tert-OH is 1. The molecule has 1 aliphatic heterocycles. The first-order valence-electron chi connectivity index (χ1n) is 6.97. The summed E-state index contributed by atoms with van der Waals surface area (Å²) in [6.45, 7) is 3.56. The van der Waals surface area contributed by atoms with E-state index in [4.69, 9.17) is 4.74 Å². The molecule has 1 aromatic carbocycles. The second kappa shape index (κ2) is 5.16. The van der Waals surface area contributed by atoms with Crippen LogP contribution in [0, 0.1) is 0 Å². The third-order valence-electron chi connectivity index (χ3n) is 4.07. The summed E-state index contributed by atoms with van der Waals surface area (Å²) in [5.74, 6) is -0.182. The Kier molecular flexibility index (Phi) is 3.50. The van der Waals surface area contributed by atoms with E-state index in [1.807, 2.05) is 31.2 Å². The van der Waals surface area contributed by atoms with Gasteiger partial charge in [-0.2, -0.15) is 0 Å². The van der Waals surface area contributed by atoms with Crippen molar-refractivity contribution in [3.8, 4) is 0 Å². The Hall–Kier alpha value is -1.43. The van der Waals surface area contributed by atoms with Crippen LogP contribution in [0.1, 0.15) is 24.1 Å². The largest absolute Gasteiger partial charge is 0.390 e. The molecule has 3 rings (SSSR count). The van der Waals surface area contributed by atoms with E-state index in [0.717, 1.165) is 24.2 Å². The summed E-state index contributed by atoms with van der Waals surface area (Å²) in [5, 5.41) is 16.1. The highest BCUT2D eigenvalue weighted by Crippen LogP contribution is 2.31. The van der Waals surface area contributed by atoms with Crippen LogP contribution in [0.3, 0.4) is 0 Å². The lowest BCUT2D eigenvalue weighted by molar-refractivity contribution is -0.137. The molecule has 1 saturated heterocycles. The standard InChI is InChI=1S/C15H20N2O3/c1-15(8-16-9-15)20-7-13(19)17-14-11-5-3-2-4-10(11)6-12(14)18/h2-5,12,14,16,18H,6-9H2,1H3,(H,17,19)/t12-,14+/m1/s1. The molecule has 2 aliphatic rings. The average Bonchev–Trinajstić information content (AvgIpc) is 2.71. The molecule has 0 saturated carbocycles. The zero-order valence-corrected chi connectivity index (χ0v) is 11.6. The van der Waals surface area contributed by atoms with Gasteiger partial charge in [-0.1, -0.05) is 24.3 Å². The van der Waals surface area contributed by atoms with Crippen LogP contribution in [0.2, 0.25) is 0 Å². The molecule has 5 heteroatoms. The van der Waals surface area contributed by atoms with Gasteiger partial charge in [0.1, 0.15) is 6.61 Å². The van der Waals surface area contributed by atoms with Gasteiger partial charge in [-0.25, -0.2) is 0 Å². The Labute approximate surface area is 118 Å². The average molecular weight is 276 g/mol. The van der Waals surface area contributed by atoms with Crippen molar-refractivity contribution in [3.05, 3.63) is 35.4 Å². The predicted molar refractivity (Wildman–Crippen MR) is 74.3 cm³/mol. The number of nitrogens with one attached hydrogen (secondary N) is 2. The second-order valence-corrected chi connectivity index (χ2v) is 5.86. The van der Waals surface area contributed by atoms with Crippen LogP contribution in [0.25, 0.3) is 0 Å². The number of carbonyl (C=O) groups excluding carboxylic acids is 1. The molecule has 1 fully saturated rings. The van der Waals surface area contributed by atoms with E-state index in [9.17, 15) is 9.90 Å². The highest BCUT2D eigenvalue weighted by Gasteiger charge is 2.35.